The second kappa shape index (κ2) is 6.37. The molecule has 2 aliphatic heterocycles. The number of imide groups is 1. The van der Waals surface area contributed by atoms with Gasteiger partial charge in [0.05, 0.1) is 5.69 Å². The summed E-state index contributed by atoms with van der Waals surface area (Å²) in [6.45, 7) is 5.03. The van der Waals surface area contributed by atoms with Crippen molar-refractivity contribution >= 4 is 23.5 Å². The Bertz CT molecular complexity index is 927. The molecule has 8 heteroatoms. The Hall–Kier alpha value is -2.90. The smallest absolute Gasteiger partial charge is 0.325 e. The molecule has 27 heavy (non-hydrogen) atoms. The summed E-state index contributed by atoms with van der Waals surface area (Å²) in [5.74, 6) is -0.254. The van der Waals surface area contributed by atoms with E-state index in [1.807, 2.05) is 38.2 Å². The Kier molecular flexibility index (Phi) is 4.13. The lowest BCUT2D eigenvalue weighted by atomic mass is 9.87. The van der Waals surface area contributed by atoms with Crippen LogP contribution in [0.2, 0.25) is 0 Å². The minimum atomic E-state index is -0.864. The van der Waals surface area contributed by atoms with Crippen LogP contribution in [0.5, 0.6) is 0 Å². The topological polar surface area (TPSA) is 87.0 Å². The van der Waals surface area contributed by atoms with Crippen LogP contribution in [-0.4, -0.2) is 62.2 Å². The molecule has 0 aromatic carbocycles. The fourth-order valence-electron chi connectivity index (χ4n) is 4.05. The summed E-state index contributed by atoms with van der Waals surface area (Å²) in [7, 11) is 0. The predicted octanol–water partition coefficient (Wildman–Crippen LogP) is 1.58. The lowest BCUT2D eigenvalue weighted by molar-refractivity contribution is -0.132. The van der Waals surface area contributed by atoms with E-state index in [4.69, 9.17) is 0 Å². The van der Waals surface area contributed by atoms with Crippen molar-refractivity contribution in [1.82, 2.24) is 24.5 Å². The van der Waals surface area contributed by atoms with E-state index in [1.165, 1.54) is 4.90 Å². The number of hydrogen-bond donors (Lipinski definition) is 1. The number of rotatable bonds is 3. The third-order valence-corrected chi connectivity index (χ3v) is 5.50. The van der Waals surface area contributed by atoms with Crippen molar-refractivity contribution in [3.63, 3.8) is 0 Å². The molecule has 0 atom stereocenters. The molecule has 0 aliphatic carbocycles. The van der Waals surface area contributed by atoms with Crippen molar-refractivity contribution < 1.29 is 14.4 Å². The highest BCUT2D eigenvalue weighted by Gasteiger charge is 2.52. The largest absolute Gasteiger partial charge is 0.337 e. The summed E-state index contributed by atoms with van der Waals surface area (Å²) in [6.07, 6.45) is 3.42. The minimum absolute atomic E-state index is 0.0942. The van der Waals surface area contributed by atoms with E-state index in [0.717, 1.165) is 12.1 Å². The molecule has 2 aliphatic rings. The van der Waals surface area contributed by atoms with Gasteiger partial charge in [-0.1, -0.05) is 13.0 Å². The molecule has 0 unspecified atom stereocenters. The van der Waals surface area contributed by atoms with Gasteiger partial charge in [0, 0.05) is 25.8 Å². The van der Waals surface area contributed by atoms with Crippen LogP contribution in [0.4, 0.5) is 4.79 Å². The van der Waals surface area contributed by atoms with E-state index < -0.39 is 5.54 Å². The quantitative estimate of drug-likeness (QED) is 0.832. The maximum atomic E-state index is 13.1. The Balaban J connectivity index is 1.53. The van der Waals surface area contributed by atoms with Crippen LogP contribution < -0.4 is 5.32 Å². The molecule has 4 rings (SSSR count). The molecule has 1 N–H and O–H groups in total. The number of amides is 4. The number of urea groups is 1. The molecule has 2 fully saturated rings. The molecule has 142 valence electrons. The number of hydrogen-bond acceptors (Lipinski definition) is 4. The maximum Gasteiger partial charge on any atom is 0.325 e. The summed E-state index contributed by atoms with van der Waals surface area (Å²) in [4.78, 5) is 45.5. The van der Waals surface area contributed by atoms with E-state index in [0.29, 0.717) is 43.9 Å². The first-order valence-electron chi connectivity index (χ1n) is 9.34. The van der Waals surface area contributed by atoms with Gasteiger partial charge in [-0.3, -0.25) is 18.9 Å². The summed E-state index contributed by atoms with van der Waals surface area (Å²) < 4.78 is 1.80. The number of aromatic nitrogens is 2. The van der Waals surface area contributed by atoms with Crippen LogP contribution in [0.15, 0.2) is 24.4 Å². The first-order chi connectivity index (χ1) is 13.0. The van der Waals surface area contributed by atoms with Gasteiger partial charge in [-0.05, 0) is 38.3 Å². The number of nitrogens with one attached hydrogen (secondary N) is 1. The Morgan fingerprint density at radius 2 is 2.00 bits per heavy atom. The van der Waals surface area contributed by atoms with Crippen molar-refractivity contribution in [2.45, 2.75) is 38.6 Å². The molecule has 0 saturated carbocycles. The predicted molar refractivity (Wildman–Crippen MR) is 98.3 cm³/mol. The minimum Gasteiger partial charge on any atom is -0.337 e. The molecule has 4 heterocycles. The van der Waals surface area contributed by atoms with Crippen LogP contribution in [0.25, 0.3) is 5.65 Å². The number of nitrogens with zero attached hydrogens (tertiary/aromatic N) is 4. The number of carbonyl (C=O) groups is 3. The van der Waals surface area contributed by atoms with Crippen molar-refractivity contribution in [2.75, 3.05) is 19.6 Å². The summed E-state index contributed by atoms with van der Waals surface area (Å²) in [5, 5.41) is 2.87. The molecule has 2 aromatic rings. The SMILES string of the molecule is CCCN1C(=O)NC2(CCN(C(=O)c3c(C)nc4ccccn34)CC2)C1=O. The summed E-state index contributed by atoms with van der Waals surface area (Å²) in [5.41, 5.74) is 1.11. The molecular formula is C19H23N5O3. The van der Waals surface area contributed by atoms with Gasteiger partial charge >= 0.3 is 6.03 Å². The molecule has 0 radical (unpaired) electrons. The van der Waals surface area contributed by atoms with E-state index in [2.05, 4.69) is 10.3 Å². The lowest BCUT2D eigenvalue weighted by Crippen LogP contribution is -2.56. The van der Waals surface area contributed by atoms with Crippen molar-refractivity contribution in [3.8, 4) is 0 Å². The molecule has 1 spiro atoms. The molecule has 8 nitrogen and oxygen atoms in total. The molecule has 2 aromatic heterocycles. The molecular weight excluding hydrogens is 346 g/mol. The van der Waals surface area contributed by atoms with Gasteiger partial charge < -0.3 is 10.2 Å². The van der Waals surface area contributed by atoms with Gasteiger partial charge in [0.15, 0.2) is 0 Å². The first kappa shape index (κ1) is 17.5. The van der Waals surface area contributed by atoms with E-state index >= 15 is 0 Å². The molecule has 2 saturated heterocycles. The number of imidazole rings is 1. The van der Waals surface area contributed by atoms with Crippen molar-refractivity contribution in [3.05, 3.63) is 35.8 Å². The monoisotopic (exact) mass is 369 g/mol. The number of fused-ring (bicyclic) bond motifs is 1. The van der Waals surface area contributed by atoms with E-state index in [9.17, 15) is 14.4 Å². The number of carbonyl (C=O) groups excluding carboxylic acids is 3. The Morgan fingerprint density at radius 3 is 2.70 bits per heavy atom. The maximum absolute atomic E-state index is 13.1. The highest BCUT2D eigenvalue weighted by molar-refractivity contribution is 6.07. The normalized spacial score (nSPS) is 19.2. The first-order valence-corrected chi connectivity index (χ1v) is 9.34. The molecule has 0 bridgehead atoms. The number of likely N-dealkylation sites (tertiary alicyclic amines) is 1. The lowest BCUT2D eigenvalue weighted by Gasteiger charge is -2.37. The standard InChI is InChI=1S/C19H23N5O3/c1-3-9-24-17(26)19(21-18(24)27)7-11-22(12-8-19)16(25)15-13(2)20-14-6-4-5-10-23(14)15/h4-6,10H,3,7-9,11-12H2,1-2H3,(H,21,27). The summed E-state index contributed by atoms with van der Waals surface area (Å²) in [6, 6.07) is 5.30. The van der Waals surface area contributed by atoms with Crippen LogP contribution in [0, 0.1) is 6.92 Å². The highest BCUT2D eigenvalue weighted by atomic mass is 16.2. The third kappa shape index (κ3) is 2.67. The van der Waals surface area contributed by atoms with Crippen LogP contribution in [0.1, 0.15) is 42.4 Å². The van der Waals surface area contributed by atoms with Gasteiger partial charge in [0.2, 0.25) is 0 Å². The number of aryl methyl sites for hydroxylation is 1. The van der Waals surface area contributed by atoms with Gasteiger partial charge in [-0.2, -0.15) is 0 Å². The van der Waals surface area contributed by atoms with Crippen molar-refractivity contribution in [2.24, 2.45) is 0 Å². The van der Waals surface area contributed by atoms with Crippen molar-refractivity contribution in [1.29, 1.82) is 0 Å². The zero-order chi connectivity index (χ0) is 19.2. The average Bonchev–Trinajstić information content (AvgIpc) is 3.11. The van der Waals surface area contributed by atoms with E-state index in [-0.39, 0.29) is 17.8 Å². The van der Waals surface area contributed by atoms with Gasteiger partial charge in [-0.15, -0.1) is 0 Å². The van der Waals surface area contributed by atoms with Crippen LogP contribution in [0.3, 0.4) is 0 Å². The van der Waals surface area contributed by atoms with Gasteiger partial charge in [-0.25, -0.2) is 9.78 Å². The summed E-state index contributed by atoms with van der Waals surface area (Å²) >= 11 is 0. The van der Waals surface area contributed by atoms with Gasteiger partial charge in [0.1, 0.15) is 16.9 Å². The zero-order valence-electron chi connectivity index (χ0n) is 15.6. The number of pyridine rings is 1. The fourth-order valence-corrected chi connectivity index (χ4v) is 4.05. The second-order valence-electron chi connectivity index (χ2n) is 7.24. The van der Waals surface area contributed by atoms with Gasteiger partial charge in [0.25, 0.3) is 11.8 Å². The zero-order valence-corrected chi connectivity index (χ0v) is 15.6. The third-order valence-electron chi connectivity index (χ3n) is 5.50. The molecule has 4 amide bonds. The second-order valence-corrected chi connectivity index (χ2v) is 7.24. The fraction of sp³-hybridized carbons (Fsp3) is 0.474. The van der Waals surface area contributed by atoms with E-state index in [1.54, 1.807) is 9.30 Å². The van der Waals surface area contributed by atoms with Crippen LogP contribution >= 0.6 is 0 Å². The highest BCUT2D eigenvalue weighted by Crippen LogP contribution is 2.30. The Labute approximate surface area is 157 Å². The Morgan fingerprint density at radius 1 is 1.26 bits per heavy atom. The average molecular weight is 369 g/mol. The number of piperidine rings is 1. The van der Waals surface area contributed by atoms with Crippen LogP contribution in [-0.2, 0) is 4.79 Å².